The van der Waals surface area contributed by atoms with E-state index in [1.54, 1.807) is 6.07 Å². The van der Waals surface area contributed by atoms with Crippen molar-refractivity contribution < 1.29 is 14.6 Å². The molecule has 0 aliphatic carbocycles. The van der Waals surface area contributed by atoms with Gasteiger partial charge < -0.3 is 9.84 Å². The predicted molar refractivity (Wildman–Crippen MR) is 46.3 cm³/mol. The van der Waals surface area contributed by atoms with Gasteiger partial charge in [-0.05, 0) is 18.6 Å². The number of thiophene rings is 1. The highest BCUT2D eigenvalue weighted by atomic mass is 32.1. The Balaban J connectivity index is 2.99. The number of carbonyl (C=O) groups is 1. The van der Waals surface area contributed by atoms with Crippen LogP contribution in [0.25, 0.3) is 0 Å². The maximum Gasteiger partial charge on any atom is 0.348 e. The van der Waals surface area contributed by atoms with Gasteiger partial charge in [0, 0.05) is 4.88 Å². The Labute approximate surface area is 74.6 Å². The molecule has 0 atom stereocenters. The molecule has 1 aromatic rings. The third-order valence-electron chi connectivity index (χ3n) is 1.50. The fourth-order valence-corrected chi connectivity index (χ4v) is 1.87. The van der Waals surface area contributed by atoms with Gasteiger partial charge in [-0.3, -0.25) is 0 Å². The van der Waals surface area contributed by atoms with Crippen LogP contribution < -0.4 is 0 Å². The van der Waals surface area contributed by atoms with Crippen LogP contribution in [0.2, 0.25) is 0 Å². The van der Waals surface area contributed by atoms with Crippen molar-refractivity contribution in [3.63, 3.8) is 0 Å². The lowest BCUT2D eigenvalue weighted by Crippen LogP contribution is -1.99. The first kappa shape index (κ1) is 9.22. The first-order valence-corrected chi connectivity index (χ1v) is 4.29. The average molecular weight is 186 g/mol. The summed E-state index contributed by atoms with van der Waals surface area (Å²) in [5, 5.41) is 8.79. The highest BCUT2D eigenvalue weighted by Crippen LogP contribution is 2.22. The summed E-state index contributed by atoms with van der Waals surface area (Å²) in [7, 11) is 1.35. The molecule has 0 spiro atoms. The highest BCUT2D eigenvalue weighted by molar-refractivity contribution is 7.14. The number of esters is 1. The van der Waals surface area contributed by atoms with Crippen LogP contribution in [0.5, 0.6) is 0 Å². The number of methoxy groups -OCH3 is 1. The number of ether oxygens (including phenoxy) is 1. The zero-order valence-corrected chi connectivity index (χ0v) is 7.77. The molecule has 1 N–H and O–H groups in total. The summed E-state index contributed by atoms with van der Waals surface area (Å²) in [6.07, 6.45) is 0. The number of rotatable bonds is 2. The molecule has 0 aliphatic heterocycles. The van der Waals surface area contributed by atoms with Gasteiger partial charge in [-0.15, -0.1) is 11.3 Å². The van der Waals surface area contributed by atoms with Crippen molar-refractivity contribution >= 4 is 17.3 Å². The number of carbonyl (C=O) groups excluding carboxylic acids is 1. The molecule has 66 valence electrons. The lowest BCUT2D eigenvalue weighted by molar-refractivity contribution is 0.0605. The van der Waals surface area contributed by atoms with E-state index in [1.165, 1.54) is 18.4 Å². The molecule has 0 aromatic carbocycles. The van der Waals surface area contributed by atoms with E-state index < -0.39 is 0 Å². The van der Waals surface area contributed by atoms with E-state index in [2.05, 4.69) is 4.74 Å². The molecule has 0 saturated heterocycles. The fraction of sp³-hybridized carbons (Fsp3) is 0.375. The van der Waals surface area contributed by atoms with E-state index in [0.29, 0.717) is 4.88 Å². The van der Waals surface area contributed by atoms with Crippen molar-refractivity contribution in [3.8, 4) is 0 Å². The molecule has 1 rings (SSSR count). The molecule has 0 amide bonds. The molecular weight excluding hydrogens is 176 g/mol. The van der Waals surface area contributed by atoms with Gasteiger partial charge in [0.1, 0.15) is 4.88 Å². The number of aliphatic hydroxyl groups is 1. The second-order valence-electron chi connectivity index (χ2n) is 2.37. The van der Waals surface area contributed by atoms with Crippen LogP contribution in [-0.4, -0.2) is 18.2 Å². The van der Waals surface area contributed by atoms with Crippen molar-refractivity contribution in [2.45, 2.75) is 13.5 Å². The van der Waals surface area contributed by atoms with Crippen molar-refractivity contribution in [1.82, 2.24) is 0 Å². The molecule has 3 nitrogen and oxygen atoms in total. The second-order valence-corrected chi connectivity index (χ2v) is 3.51. The van der Waals surface area contributed by atoms with Gasteiger partial charge in [-0.2, -0.15) is 0 Å². The van der Waals surface area contributed by atoms with Gasteiger partial charge in [0.05, 0.1) is 13.7 Å². The first-order valence-electron chi connectivity index (χ1n) is 3.47. The monoisotopic (exact) mass is 186 g/mol. The van der Waals surface area contributed by atoms with Gasteiger partial charge in [0.15, 0.2) is 0 Å². The zero-order valence-electron chi connectivity index (χ0n) is 6.96. The Bertz CT molecular complexity index is 290. The summed E-state index contributed by atoms with van der Waals surface area (Å²) >= 11 is 1.27. The molecule has 0 fully saturated rings. The number of aryl methyl sites for hydroxylation is 1. The number of hydrogen-bond donors (Lipinski definition) is 1. The van der Waals surface area contributed by atoms with Gasteiger partial charge >= 0.3 is 5.97 Å². The Morgan fingerprint density at radius 3 is 2.83 bits per heavy atom. The van der Waals surface area contributed by atoms with Crippen LogP contribution in [0, 0.1) is 6.92 Å². The predicted octanol–water partition coefficient (Wildman–Crippen LogP) is 1.34. The van der Waals surface area contributed by atoms with Gasteiger partial charge in [-0.1, -0.05) is 0 Å². The molecule has 1 aromatic heterocycles. The molecule has 1 heterocycles. The Hall–Kier alpha value is -0.870. The van der Waals surface area contributed by atoms with E-state index in [4.69, 9.17) is 5.11 Å². The second kappa shape index (κ2) is 3.69. The quantitative estimate of drug-likeness (QED) is 0.709. The summed E-state index contributed by atoms with van der Waals surface area (Å²) in [6.45, 7) is 1.80. The lowest BCUT2D eigenvalue weighted by atomic mass is 10.3. The van der Waals surface area contributed by atoms with Crippen molar-refractivity contribution in [3.05, 3.63) is 21.4 Å². The molecular formula is C8H10O3S. The average Bonchev–Trinajstić information content (AvgIpc) is 2.45. The van der Waals surface area contributed by atoms with Crippen LogP contribution in [0.3, 0.4) is 0 Å². The molecule has 0 bridgehead atoms. The maximum absolute atomic E-state index is 11.1. The molecule has 0 saturated carbocycles. The largest absolute Gasteiger partial charge is 0.465 e. The first-order chi connectivity index (χ1) is 5.69. The van der Waals surface area contributed by atoms with Crippen molar-refractivity contribution in [1.29, 1.82) is 0 Å². The van der Waals surface area contributed by atoms with Gasteiger partial charge in [0.25, 0.3) is 0 Å². The lowest BCUT2D eigenvalue weighted by Gasteiger charge is -1.94. The fourth-order valence-electron chi connectivity index (χ4n) is 0.921. The van der Waals surface area contributed by atoms with E-state index in [9.17, 15) is 4.79 Å². The van der Waals surface area contributed by atoms with E-state index in [-0.39, 0.29) is 12.6 Å². The minimum atomic E-state index is -0.336. The highest BCUT2D eigenvalue weighted by Gasteiger charge is 2.12. The number of hydrogen-bond acceptors (Lipinski definition) is 4. The summed E-state index contributed by atoms with van der Waals surface area (Å²) in [4.78, 5) is 12.4. The summed E-state index contributed by atoms with van der Waals surface area (Å²) in [5.41, 5.74) is 0.857. The molecule has 12 heavy (non-hydrogen) atoms. The third kappa shape index (κ3) is 1.65. The van der Waals surface area contributed by atoms with Crippen LogP contribution in [-0.2, 0) is 11.3 Å². The number of aliphatic hydroxyl groups excluding tert-OH is 1. The van der Waals surface area contributed by atoms with Gasteiger partial charge in [0.2, 0.25) is 0 Å². The third-order valence-corrected chi connectivity index (χ3v) is 2.70. The molecule has 0 aliphatic rings. The van der Waals surface area contributed by atoms with Crippen LogP contribution >= 0.6 is 11.3 Å². The minimum Gasteiger partial charge on any atom is -0.465 e. The summed E-state index contributed by atoms with van der Waals surface area (Å²) in [5.74, 6) is -0.336. The van der Waals surface area contributed by atoms with Crippen LogP contribution in [0.4, 0.5) is 0 Å². The zero-order chi connectivity index (χ0) is 9.14. The smallest absolute Gasteiger partial charge is 0.348 e. The Morgan fingerprint density at radius 2 is 2.42 bits per heavy atom. The van der Waals surface area contributed by atoms with Crippen molar-refractivity contribution in [2.75, 3.05) is 7.11 Å². The van der Waals surface area contributed by atoms with Crippen molar-refractivity contribution in [2.24, 2.45) is 0 Å². The molecule has 4 heteroatoms. The van der Waals surface area contributed by atoms with Gasteiger partial charge in [-0.25, -0.2) is 4.79 Å². The molecule has 0 unspecified atom stereocenters. The Kier molecular flexibility index (Phi) is 2.83. The topological polar surface area (TPSA) is 46.5 Å². The van der Waals surface area contributed by atoms with E-state index in [1.807, 2.05) is 6.92 Å². The SMILES string of the molecule is COC(=O)c1sc(CO)cc1C. The van der Waals surface area contributed by atoms with E-state index in [0.717, 1.165) is 10.4 Å². The van der Waals surface area contributed by atoms with E-state index >= 15 is 0 Å². The summed E-state index contributed by atoms with van der Waals surface area (Å²) < 4.78 is 4.56. The Morgan fingerprint density at radius 1 is 1.75 bits per heavy atom. The minimum absolute atomic E-state index is 0.0253. The standard InChI is InChI=1S/C8H10O3S/c1-5-3-6(4-9)12-7(5)8(10)11-2/h3,9H,4H2,1-2H3. The normalized spacial score (nSPS) is 9.92. The molecule has 0 radical (unpaired) electrons. The van der Waals surface area contributed by atoms with Crippen LogP contribution in [0.1, 0.15) is 20.1 Å². The maximum atomic E-state index is 11.1. The van der Waals surface area contributed by atoms with Crippen LogP contribution in [0.15, 0.2) is 6.07 Å². The summed E-state index contributed by atoms with van der Waals surface area (Å²) in [6, 6.07) is 1.79.